The highest BCUT2D eigenvalue weighted by molar-refractivity contribution is 7.89. The number of hydrogen-bond acceptors (Lipinski definition) is 4. The van der Waals surface area contributed by atoms with E-state index in [1.54, 1.807) is 30.4 Å². The Hall–Kier alpha value is -1.96. The number of nitrogens with zero attached hydrogens (tertiary/aromatic N) is 2. The maximum atomic E-state index is 12.7. The normalized spacial score (nSPS) is 17.6. The Kier molecular flexibility index (Phi) is 6.30. The number of carbonyl (C=O) groups excluding carboxylic acids is 1. The van der Waals surface area contributed by atoms with Crippen molar-refractivity contribution >= 4 is 21.6 Å². The van der Waals surface area contributed by atoms with Crippen molar-refractivity contribution < 1.29 is 13.2 Å². The molecule has 1 aliphatic rings. The predicted molar refractivity (Wildman–Crippen MR) is 95.3 cm³/mol. The summed E-state index contributed by atoms with van der Waals surface area (Å²) in [6.45, 7) is 4.23. The van der Waals surface area contributed by atoms with Gasteiger partial charge in [-0.25, -0.2) is 8.42 Å². The second kappa shape index (κ2) is 8.23. The van der Waals surface area contributed by atoms with Crippen molar-refractivity contribution in [3.63, 3.8) is 0 Å². The smallest absolute Gasteiger partial charge is 0.248 e. The van der Waals surface area contributed by atoms with Gasteiger partial charge in [-0.2, -0.15) is 4.31 Å². The van der Waals surface area contributed by atoms with Crippen LogP contribution in [0.15, 0.2) is 53.5 Å². The fourth-order valence-corrected chi connectivity index (χ4v) is 3.82. The zero-order valence-corrected chi connectivity index (χ0v) is 14.8. The van der Waals surface area contributed by atoms with Gasteiger partial charge >= 0.3 is 0 Å². The summed E-state index contributed by atoms with van der Waals surface area (Å²) in [6, 6.07) is 6.35. The van der Waals surface area contributed by atoms with Crippen molar-refractivity contribution in [2.75, 3.05) is 38.5 Å². The Morgan fingerprint density at radius 2 is 1.88 bits per heavy atom. The van der Waals surface area contributed by atoms with Crippen LogP contribution in [0.25, 0.3) is 0 Å². The molecule has 6 nitrogen and oxygen atoms in total. The van der Waals surface area contributed by atoms with Crippen LogP contribution in [0.2, 0.25) is 0 Å². The Morgan fingerprint density at radius 1 is 1.17 bits per heavy atom. The van der Waals surface area contributed by atoms with Crippen LogP contribution in [0.4, 0.5) is 5.69 Å². The Bertz CT molecular complexity index is 733. The van der Waals surface area contributed by atoms with E-state index in [0.29, 0.717) is 31.9 Å². The summed E-state index contributed by atoms with van der Waals surface area (Å²) in [5, 5.41) is 2.67. The third-order valence-corrected chi connectivity index (χ3v) is 5.65. The minimum atomic E-state index is -3.54. The van der Waals surface area contributed by atoms with Crippen LogP contribution in [0.5, 0.6) is 0 Å². The summed E-state index contributed by atoms with van der Waals surface area (Å²) in [7, 11) is -1.56. The molecule has 1 aliphatic heterocycles. The molecule has 0 spiro atoms. The number of likely N-dealkylation sites (N-methyl/N-ethyl adjacent to an activating group) is 1. The van der Waals surface area contributed by atoms with Crippen LogP contribution in [-0.4, -0.2) is 56.8 Å². The van der Waals surface area contributed by atoms with Gasteiger partial charge in [-0.1, -0.05) is 24.3 Å². The topological polar surface area (TPSA) is 69.7 Å². The van der Waals surface area contributed by atoms with E-state index in [1.165, 1.54) is 16.4 Å². The van der Waals surface area contributed by atoms with Gasteiger partial charge in [-0.15, -0.1) is 0 Å². The number of benzene rings is 1. The molecule has 0 bridgehead atoms. The van der Waals surface area contributed by atoms with Gasteiger partial charge in [0.25, 0.3) is 0 Å². The number of rotatable bonds is 5. The summed E-state index contributed by atoms with van der Waals surface area (Å²) < 4.78 is 26.9. The van der Waals surface area contributed by atoms with Crippen LogP contribution in [0.3, 0.4) is 0 Å². The number of hydrogen-bond donors (Lipinski definition) is 1. The minimum Gasteiger partial charge on any atom is -0.322 e. The molecule has 7 heteroatoms. The second-order valence-corrected chi connectivity index (χ2v) is 7.55. The lowest BCUT2D eigenvalue weighted by Gasteiger charge is -2.31. The van der Waals surface area contributed by atoms with Crippen LogP contribution in [0.1, 0.15) is 6.92 Å². The van der Waals surface area contributed by atoms with Crippen molar-refractivity contribution in [1.29, 1.82) is 0 Å². The van der Waals surface area contributed by atoms with E-state index in [2.05, 4.69) is 10.2 Å². The van der Waals surface area contributed by atoms with Crippen LogP contribution >= 0.6 is 0 Å². The fourth-order valence-electron chi connectivity index (χ4n) is 2.35. The van der Waals surface area contributed by atoms with E-state index in [9.17, 15) is 13.2 Å². The van der Waals surface area contributed by atoms with Crippen molar-refractivity contribution in [2.24, 2.45) is 0 Å². The SMILES string of the molecule is C/C=C/C=C/C(=O)Nc1cccc(S(=O)(=O)N2CCN(C)CC2)c1. The molecular formula is C17H23N3O3S. The molecule has 1 aromatic carbocycles. The number of anilines is 1. The number of amides is 1. The van der Waals surface area contributed by atoms with E-state index in [1.807, 2.05) is 20.0 Å². The van der Waals surface area contributed by atoms with Gasteiger partial charge in [0.15, 0.2) is 0 Å². The van der Waals surface area contributed by atoms with E-state index >= 15 is 0 Å². The number of nitrogens with one attached hydrogen (secondary N) is 1. The summed E-state index contributed by atoms with van der Waals surface area (Å²) in [5.74, 6) is -0.303. The van der Waals surface area contributed by atoms with E-state index in [4.69, 9.17) is 0 Å². The highest BCUT2D eigenvalue weighted by atomic mass is 32.2. The van der Waals surface area contributed by atoms with E-state index in [0.717, 1.165) is 0 Å². The number of allylic oxidation sites excluding steroid dienone is 3. The molecule has 0 aromatic heterocycles. The Labute approximate surface area is 143 Å². The second-order valence-electron chi connectivity index (χ2n) is 5.61. The lowest BCUT2D eigenvalue weighted by Crippen LogP contribution is -2.47. The summed E-state index contributed by atoms with van der Waals surface area (Å²) >= 11 is 0. The van der Waals surface area contributed by atoms with Gasteiger partial charge in [0.05, 0.1) is 4.90 Å². The molecule has 0 radical (unpaired) electrons. The zero-order chi connectivity index (χ0) is 17.6. The average Bonchev–Trinajstić information content (AvgIpc) is 2.56. The zero-order valence-electron chi connectivity index (χ0n) is 14.0. The third-order valence-electron chi connectivity index (χ3n) is 3.75. The first-order chi connectivity index (χ1) is 11.4. The molecule has 1 heterocycles. The molecule has 0 saturated carbocycles. The summed E-state index contributed by atoms with van der Waals surface area (Å²) in [5.41, 5.74) is 0.459. The lowest BCUT2D eigenvalue weighted by atomic mass is 10.3. The molecule has 0 aliphatic carbocycles. The van der Waals surface area contributed by atoms with Crippen LogP contribution in [-0.2, 0) is 14.8 Å². The van der Waals surface area contributed by atoms with Gasteiger partial charge in [0, 0.05) is 37.9 Å². The highest BCUT2D eigenvalue weighted by Crippen LogP contribution is 2.20. The Balaban J connectivity index is 2.13. The van der Waals surface area contributed by atoms with Gasteiger partial charge in [0.1, 0.15) is 0 Å². The maximum absolute atomic E-state index is 12.7. The van der Waals surface area contributed by atoms with Crippen molar-refractivity contribution in [2.45, 2.75) is 11.8 Å². The molecule has 0 unspecified atom stereocenters. The third kappa shape index (κ3) is 4.77. The minimum absolute atomic E-state index is 0.197. The van der Waals surface area contributed by atoms with E-state index < -0.39 is 10.0 Å². The highest BCUT2D eigenvalue weighted by Gasteiger charge is 2.27. The summed E-state index contributed by atoms with van der Waals surface area (Å²) in [4.78, 5) is 14.1. The van der Waals surface area contributed by atoms with Crippen molar-refractivity contribution in [3.8, 4) is 0 Å². The molecule has 2 rings (SSSR count). The Morgan fingerprint density at radius 3 is 2.54 bits per heavy atom. The monoisotopic (exact) mass is 349 g/mol. The first-order valence-corrected chi connectivity index (χ1v) is 9.26. The van der Waals surface area contributed by atoms with Crippen molar-refractivity contribution in [1.82, 2.24) is 9.21 Å². The van der Waals surface area contributed by atoms with Gasteiger partial charge in [-0.3, -0.25) is 4.79 Å². The molecule has 1 fully saturated rings. The maximum Gasteiger partial charge on any atom is 0.248 e. The molecule has 1 saturated heterocycles. The molecule has 1 aromatic rings. The van der Waals surface area contributed by atoms with Gasteiger partial charge in [-0.05, 0) is 32.2 Å². The average molecular weight is 349 g/mol. The van der Waals surface area contributed by atoms with Gasteiger partial charge in [0.2, 0.25) is 15.9 Å². The first-order valence-electron chi connectivity index (χ1n) is 7.82. The van der Waals surface area contributed by atoms with Crippen LogP contribution in [0, 0.1) is 0 Å². The predicted octanol–water partition coefficient (Wildman–Crippen LogP) is 1.69. The van der Waals surface area contributed by atoms with Gasteiger partial charge < -0.3 is 10.2 Å². The lowest BCUT2D eigenvalue weighted by molar-refractivity contribution is -0.111. The molecule has 0 atom stereocenters. The molecule has 130 valence electrons. The number of sulfonamides is 1. The molecule has 1 N–H and O–H groups in total. The molecular weight excluding hydrogens is 326 g/mol. The fraction of sp³-hybridized carbons (Fsp3) is 0.353. The number of carbonyl (C=O) groups is 1. The summed E-state index contributed by atoms with van der Waals surface area (Å²) in [6.07, 6.45) is 6.57. The molecule has 1 amide bonds. The van der Waals surface area contributed by atoms with Crippen LogP contribution < -0.4 is 5.32 Å². The largest absolute Gasteiger partial charge is 0.322 e. The van der Waals surface area contributed by atoms with E-state index in [-0.39, 0.29) is 10.8 Å². The molecule has 24 heavy (non-hydrogen) atoms. The quantitative estimate of drug-likeness (QED) is 0.649. The van der Waals surface area contributed by atoms with Crippen molar-refractivity contribution in [3.05, 3.63) is 48.6 Å². The standard InChI is InChI=1S/C17H23N3O3S/c1-3-4-5-9-17(21)18-15-7-6-8-16(14-15)24(22,23)20-12-10-19(2)11-13-20/h3-9,14H,10-13H2,1-2H3,(H,18,21)/b4-3+,9-5+. The first kappa shape index (κ1) is 18.4. The number of piperazine rings is 1.